The molecule has 0 aliphatic rings. The van der Waals surface area contributed by atoms with Gasteiger partial charge in [-0.2, -0.15) is 0 Å². The molecule has 0 amide bonds. The van der Waals surface area contributed by atoms with Crippen molar-refractivity contribution in [3.63, 3.8) is 0 Å². The number of methoxy groups -OCH3 is 1. The number of halogens is 1. The third-order valence-electron chi connectivity index (χ3n) is 2.91. The van der Waals surface area contributed by atoms with Gasteiger partial charge in [-0.15, -0.1) is 0 Å². The first-order chi connectivity index (χ1) is 10.0. The van der Waals surface area contributed by atoms with Crippen molar-refractivity contribution in [2.45, 2.75) is 6.54 Å². The molecule has 0 fully saturated rings. The van der Waals surface area contributed by atoms with Gasteiger partial charge in [0.25, 0.3) is 0 Å². The van der Waals surface area contributed by atoms with Crippen LogP contribution in [0.2, 0.25) is 5.02 Å². The summed E-state index contributed by atoms with van der Waals surface area (Å²) in [5, 5.41) is 22.2. The van der Waals surface area contributed by atoms with Crippen LogP contribution in [0.4, 0.5) is 5.69 Å². The Labute approximate surface area is 126 Å². The van der Waals surface area contributed by atoms with Crippen LogP contribution in [0.1, 0.15) is 15.9 Å². The summed E-state index contributed by atoms with van der Waals surface area (Å²) < 4.78 is 4.65. The van der Waals surface area contributed by atoms with E-state index >= 15 is 0 Å². The van der Waals surface area contributed by atoms with Crippen LogP contribution < -0.4 is 5.32 Å². The average molecular weight is 308 g/mol. The highest BCUT2D eigenvalue weighted by Gasteiger charge is 2.09. The van der Waals surface area contributed by atoms with Gasteiger partial charge in [0.15, 0.2) is 11.5 Å². The van der Waals surface area contributed by atoms with Crippen molar-refractivity contribution in [1.82, 2.24) is 0 Å². The predicted octanol–water partition coefficient (Wildman–Crippen LogP) is 3.15. The summed E-state index contributed by atoms with van der Waals surface area (Å²) in [5.74, 6) is -0.815. The van der Waals surface area contributed by atoms with E-state index in [1.165, 1.54) is 19.2 Å². The highest BCUT2D eigenvalue weighted by Crippen LogP contribution is 2.27. The molecule has 0 aliphatic heterocycles. The van der Waals surface area contributed by atoms with Gasteiger partial charge in [0, 0.05) is 6.54 Å². The standard InChI is InChI=1S/C15H14ClNO4/c1-21-15(20)10-3-4-11(16)12(7-10)17-8-9-2-5-13(18)14(19)6-9/h2-7,17-19H,8H2,1H3. The molecular weight excluding hydrogens is 294 g/mol. The van der Waals surface area contributed by atoms with E-state index in [1.807, 2.05) is 0 Å². The fourth-order valence-corrected chi connectivity index (χ4v) is 1.97. The number of benzene rings is 2. The topological polar surface area (TPSA) is 78.8 Å². The highest BCUT2D eigenvalue weighted by atomic mass is 35.5. The summed E-state index contributed by atoms with van der Waals surface area (Å²) >= 11 is 6.06. The lowest BCUT2D eigenvalue weighted by Crippen LogP contribution is -2.04. The van der Waals surface area contributed by atoms with Gasteiger partial charge in [0.1, 0.15) is 0 Å². The first kappa shape index (κ1) is 15.0. The van der Waals surface area contributed by atoms with E-state index in [9.17, 15) is 15.0 Å². The van der Waals surface area contributed by atoms with E-state index in [0.29, 0.717) is 22.8 Å². The molecule has 5 nitrogen and oxygen atoms in total. The molecule has 21 heavy (non-hydrogen) atoms. The van der Waals surface area contributed by atoms with Gasteiger partial charge < -0.3 is 20.3 Å². The summed E-state index contributed by atoms with van der Waals surface area (Å²) in [6.07, 6.45) is 0. The second kappa shape index (κ2) is 6.37. The minimum absolute atomic E-state index is 0.176. The average Bonchev–Trinajstić information content (AvgIpc) is 2.49. The van der Waals surface area contributed by atoms with E-state index in [2.05, 4.69) is 10.1 Å². The summed E-state index contributed by atoms with van der Waals surface area (Å²) in [5.41, 5.74) is 1.72. The maximum absolute atomic E-state index is 11.5. The normalized spacial score (nSPS) is 10.2. The molecule has 0 aromatic heterocycles. The van der Waals surface area contributed by atoms with Crippen LogP contribution >= 0.6 is 11.6 Å². The number of hydrogen-bond acceptors (Lipinski definition) is 5. The van der Waals surface area contributed by atoms with Crippen molar-refractivity contribution in [3.05, 3.63) is 52.5 Å². The number of carbonyl (C=O) groups is 1. The van der Waals surface area contributed by atoms with Crippen LogP contribution in [0.25, 0.3) is 0 Å². The Hall–Kier alpha value is -2.40. The number of carbonyl (C=O) groups excluding carboxylic acids is 1. The molecule has 3 N–H and O–H groups in total. The SMILES string of the molecule is COC(=O)c1ccc(Cl)c(NCc2ccc(O)c(O)c2)c1. The molecule has 2 aromatic rings. The highest BCUT2D eigenvalue weighted by molar-refractivity contribution is 6.33. The summed E-state index contributed by atoms with van der Waals surface area (Å²) in [6.45, 7) is 0.373. The molecule has 0 saturated heterocycles. The summed E-state index contributed by atoms with van der Waals surface area (Å²) in [4.78, 5) is 11.5. The fourth-order valence-electron chi connectivity index (χ4n) is 1.78. The number of ether oxygens (including phenoxy) is 1. The molecule has 6 heteroatoms. The van der Waals surface area contributed by atoms with Crippen molar-refractivity contribution in [3.8, 4) is 11.5 Å². The second-order valence-electron chi connectivity index (χ2n) is 4.36. The molecule has 0 heterocycles. The van der Waals surface area contributed by atoms with Crippen LogP contribution in [0.5, 0.6) is 11.5 Å². The zero-order valence-electron chi connectivity index (χ0n) is 11.3. The molecule has 0 saturated carbocycles. The molecule has 2 aromatic carbocycles. The monoisotopic (exact) mass is 307 g/mol. The lowest BCUT2D eigenvalue weighted by Gasteiger charge is -2.10. The fraction of sp³-hybridized carbons (Fsp3) is 0.133. The van der Waals surface area contributed by atoms with Gasteiger partial charge in [-0.1, -0.05) is 17.7 Å². The number of hydrogen-bond donors (Lipinski definition) is 3. The molecular formula is C15H14ClNO4. The molecule has 0 aliphatic carbocycles. The number of phenolic OH excluding ortho intramolecular Hbond substituents is 2. The quantitative estimate of drug-likeness (QED) is 0.597. The van der Waals surface area contributed by atoms with Crippen molar-refractivity contribution >= 4 is 23.3 Å². The maximum atomic E-state index is 11.5. The largest absolute Gasteiger partial charge is 0.504 e. The zero-order chi connectivity index (χ0) is 15.4. The number of phenols is 2. The van der Waals surface area contributed by atoms with Crippen LogP contribution in [0, 0.1) is 0 Å². The van der Waals surface area contributed by atoms with Gasteiger partial charge in [0.2, 0.25) is 0 Å². The lowest BCUT2D eigenvalue weighted by molar-refractivity contribution is 0.0601. The van der Waals surface area contributed by atoms with Crippen molar-refractivity contribution < 1.29 is 19.7 Å². The third kappa shape index (κ3) is 3.58. The summed E-state index contributed by atoms with van der Waals surface area (Å²) in [6, 6.07) is 9.28. The van der Waals surface area contributed by atoms with Crippen LogP contribution in [0.3, 0.4) is 0 Å². The minimum Gasteiger partial charge on any atom is -0.504 e. The predicted molar refractivity (Wildman–Crippen MR) is 79.9 cm³/mol. The second-order valence-corrected chi connectivity index (χ2v) is 4.77. The maximum Gasteiger partial charge on any atom is 0.337 e. The molecule has 0 spiro atoms. The Morgan fingerprint density at radius 3 is 2.62 bits per heavy atom. The Balaban J connectivity index is 2.15. The smallest absolute Gasteiger partial charge is 0.337 e. The first-order valence-corrected chi connectivity index (χ1v) is 6.51. The molecule has 0 atom stereocenters. The molecule has 0 radical (unpaired) electrons. The van der Waals surface area contributed by atoms with E-state index in [-0.39, 0.29) is 11.5 Å². The van der Waals surface area contributed by atoms with Crippen molar-refractivity contribution in [2.24, 2.45) is 0 Å². The zero-order valence-corrected chi connectivity index (χ0v) is 12.0. The lowest BCUT2D eigenvalue weighted by atomic mass is 10.1. The molecule has 0 bridgehead atoms. The van der Waals surface area contributed by atoms with Gasteiger partial charge in [-0.05, 0) is 35.9 Å². The number of anilines is 1. The van der Waals surface area contributed by atoms with Crippen LogP contribution in [-0.4, -0.2) is 23.3 Å². The van der Waals surface area contributed by atoms with Gasteiger partial charge in [-0.3, -0.25) is 0 Å². The minimum atomic E-state index is -0.447. The van der Waals surface area contributed by atoms with Gasteiger partial charge >= 0.3 is 5.97 Å². The van der Waals surface area contributed by atoms with E-state index < -0.39 is 5.97 Å². The van der Waals surface area contributed by atoms with E-state index in [1.54, 1.807) is 24.3 Å². The Kier molecular flexibility index (Phi) is 4.55. The number of esters is 1. The Morgan fingerprint density at radius 1 is 1.19 bits per heavy atom. The molecule has 0 unspecified atom stereocenters. The Bertz CT molecular complexity index is 673. The molecule has 110 valence electrons. The van der Waals surface area contributed by atoms with Crippen LogP contribution in [0.15, 0.2) is 36.4 Å². The number of aromatic hydroxyl groups is 2. The van der Waals surface area contributed by atoms with E-state index in [0.717, 1.165) is 5.56 Å². The number of rotatable bonds is 4. The van der Waals surface area contributed by atoms with Crippen molar-refractivity contribution in [2.75, 3.05) is 12.4 Å². The first-order valence-electron chi connectivity index (χ1n) is 6.14. The Morgan fingerprint density at radius 2 is 1.95 bits per heavy atom. The van der Waals surface area contributed by atoms with Crippen molar-refractivity contribution in [1.29, 1.82) is 0 Å². The van der Waals surface area contributed by atoms with Crippen LogP contribution in [-0.2, 0) is 11.3 Å². The van der Waals surface area contributed by atoms with E-state index in [4.69, 9.17) is 11.6 Å². The van der Waals surface area contributed by atoms with Gasteiger partial charge in [-0.25, -0.2) is 4.79 Å². The van der Waals surface area contributed by atoms with Gasteiger partial charge in [0.05, 0.1) is 23.4 Å². The summed E-state index contributed by atoms with van der Waals surface area (Å²) in [7, 11) is 1.31. The number of nitrogens with one attached hydrogen (secondary N) is 1. The molecule has 2 rings (SSSR count). The third-order valence-corrected chi connectivity index (χ3v) is 3.24.